The van der Waals surface area contributed by atoms with Crippen LogP contribution in [0.25, 0.3) is 0 Å². The number of aliphatic hydroxyl groups is 3. The van der Waals surface area contributed by atoms with Crippen molar-refractivity contribution in [2.75, 3.05) is 32.8 Å². The lowest BCUT2D eigenvalue weighted by atomic mass is 9.85. The molecule has 0 radical (unpaired) electrons. The van der Waals surface area contributed by atoms with E-state index in [2.05, 4.69) is 47.1 Å². The Morgan fingerprint density at radius 1 is 1.11 bits per heavy atom. The second-order valence-corrected chi connectivity index (χ2v) is 12.1. The number of aliphatic hydroxyl groups excluding tert-OH is 1. The second kappa shape index (κ2) is 11.8. The molecule has 2 aromatic rings. The first-order chi connectivity index (χ1) is 17.9. The average molecular weight is 658 g/mol. The second-order valence-electron chi connectivity index (χ2n) is 10.4. The fourth-order valence-electron chi connectivity index (χ4n) is 4.82. The van der Waals surface area contributed by atoms with Crippen molar-refractivity contribution in [3.05, 3.63) is 57.0 Å². The molecule has 12 heteroatoms. The van der Waals surface area contributed by atoms with Crippen LogP contribution in [0.15, 0.2) is 45.6 Å². The Labute approximate surface area is 239 Å². The van der Waals surface area contributed by atoms with Crippen molar-refractivity contribution in [2.45, 2.75) is 62.1 Å². The fraction of sp³-hybridized carbons (Fsp3) is 0.577. The Bertz CT molecular complexity index is 1140. The van der Waals surface area contributed by atoms with Crippen LogP contribution in [0.3, 0.4) is 0 Å². The number of aromatic nitrogens is 2. The molecule has 0 saturated carbocycles. The van der Waals surface area contributed by atoms with Gasteiger partial charge in [0.2, 0.25) is 0 Å². The maximum Gasteiger partial charge on any atom is 0.410 e. The Hall–Kier alpha value is -1.67. The third kappa shape index (κ3) is 6.55. The van der Waals surface area contributed by atoms with Crippen LogP contribution in [0.1, 0.15) is 44.5 Å². The van der Waals surface area contributed by atoms with Gasteiger partial charge in [-0.05, 0) is 82.9 Å². The third-order valence-electron chi connectivity index (χ3n) is 7.22. The molecule has 4 rings (SSSR count). The Morgan fingerprint density at radius 3 is 2.34 bits per heavy atom. The molecule has 2 saturated heterocycles. The molecule has 2 fully saturated rings. The SMILES string of the molecule is CC(C)(CCO[C@@H]1CNCC[C@@]1(O)c1cccc(Br)n1)OC(=O)N1CC[C@@](O)(c2cccc(Br)n2)[C@H](O)C1. The molecule has 4 atom stereocenters. The number of amides is 1. The van der Waals surface area contributed by atoms with Gasteiger partial charge in [0.15, 0.2) is 0 Å². The molecule has 10 nitrogen and oxygen atoms in total. The minimum atomic E-state index is -1.56. The Morgan fingerprint density at radius 2 is 1.74 bits per heavy atom. The van der Waals surface area contributed by atoms with Crippen molar-refractivity contribution in [1.29, 1.82) is 0 Å². The summed E-state index contributed by atoms with van der Waals surface area (Å²) in [6.07, 6.45) is -1.36. The van der Waals surface area contributed by atoms with E-state index in [9.17, 15) is 20.1 Å². The van der Waals surface area contributed by atoms with E-state index in [1.54, 1.807) is 44.2 Å². The number of piperidine rings is 2. The number of carbonyl (C=O) groups is 1. The minimum Gasteiger partial charge on any atom is -0.443 e. The van der Waals surface area contributed by atoms with Crippen molar-refractivity contribution < 1.29 is 29.6 Å². The number of hydrogen-bond acceptors (Lipinski definition) is 9. The predicted molar refractivity (Wildman–Crippen MR) is 146 cm³/mol. The van der Waals surface area contributed by atoms with Crippen LogP contribution in [0.2, 0.25) is 0 Å². The highest BCUT2D eigenvalue weighted by atomic mass is 79.9. The topological polar surface area (TPSA) is 137 Å². The summed E-state index contributed by atoms with van der Waals surface area (Å²) in [6, 6.07) is 10.6. The molecular weight excluding hydrogens is 624 g/mol. The number of β-amino-alcohol motifs (C(OH)–C–C–N with tert-alkyl or cyclic N) is 1. The summed E-state index contributed by atoms with van der Waals surface area (Å²) in [6.45, 7) is 5.05. The van der Waals surface area contributed by atoms with E-state index in [-0.39, 0.29) is 26.1 Å². The van der Waals surface area contributed by atoms with Gasteiger partial charge >= 0.3 is 6.09 Å². The summed E-state index contributed by atoms with van der Waals surface area (Å²) >= 11 is 6.65. The van der Waals surface area contributed by atoms with Crippen molar-refractivity contribution in [3.63, 3.8) is 0 Å². The zero-order chi connectivity index (χ0) is 27.6. The summed E-state index contributed by atoms with van der Waals surface area (Å²) in [5.41, 5.74) is -2.76. The highest BCUT2D eigenvalue weighted by molar-refractivity contribution is 9.10. The van der Waals surface area contributed by atoms with Crippen molar-refractivity contribution >= 4 is 38.0 Å². The summed E-state index contributed by atoms with van der Waals surface area (Å²) in [7, 11) is 0. The lowest BCUT2D eigenvalue weighted by Gasteiger charge is -2.42. The molecule has 38 heavy (non-hydrogen) atoms. The molecule has 0 unspecified atom stereocenters. The number of likely N-dealkylation sites (tertiary alicyclic amines) is 1. The Kier molecular flexibility index (Phi) is 9.13. The monoisotopic (exact) mass is 656 g/mol. The number of nitrogens with one attached hydrogen (secondary N) is 1. The van der Waals surface area contributed by atoms with Crippen molar-refractivity contribution in [2.24, 2.45) is 0 Å². The van der Waals surface area contributed by atoms with Crippen LogP contribution in [-0.2, 0) is 20.7 Å². The zero-order valence-electron chi connectivity index (χ0n) is 21.4. The molecule has 1 amide bonds. The molecule has 4 heterocycles. The molecule has 4 N–H and O–H groups in total. The number of ether oxygens (including phenoxy) is 2. The van der Waals surface area contributed by atoms with Crippen LogP contribution in [0, 0.1) is 0 Å². The van der Waals surface area contributed by atoms with Crippen LogP contribution in [0.4, 0.5) is 4.79 Å². The van der Waals surface area contributed by atoms with Gasteiger partial charge in [-0.2, -0.15) is 0 Å². The van der Waals surface area contributed by atoms with E-state index < -0.39 is 35.1 Å². The zero-order valence-corrected chi connectivity index (χ0v) is 24.6. The average Bonchev–Trinajstić information content (AvgIpc) is 2.86. The summed E-state index contributed by atoms with van der Waals surface area (Å²) in [4.78, 5) is 23.1. The first-order valence-electron chi connectivity index (χ1n) is 12.6. The normalized spacial score (nSPS) is 28.2. The summed E-state index contributed by atoms with van der Waals surface area (Å²) in [5, 5.41) is 36.5. The van der Waals surface area contributed by atoms with Gasteiger partial charge in [0, 0.05) is 25.9 Å². The summed E-state index contributed by atoms with van der Waals surface area (Å²) < 4.78 is 13.1. The number of hydrogen-bond donors (Lipinski definition) is 4. The van der Waals surface area contributed by atoms with E-state index in [0.29, 0.717) is 46.5 Å². The van der Waals surface area contributed by atoms with Gasteiger partial charge in [0.05, 0.1) is 24.5 Å². The predicted octanol–water partition coefficient (Wildman–Crippen LogP) is 2.83. The number of nitrogens with zero attached hydrogens (tertiary/aromatic N) is 3. The van der Waals surface area contributed by atoms with Gasteiger partial charge in [0.25, 0.3) is 0 Å². The molecule has 208 valence electrons. The lowest BCUT2D eigenvalue weighted by molar-refractivity contribution is -0.140. The highest BCUT2D eigenvalue weighted by Gasteiger charge is 2.46. The van der Waals surface area contributed by atoms with Gasteiger partial charge in [-0.25, -0.2) is 14.8 Å². The van der Waals surface area contributed by atoms with E-state index in [0.717, 1.165) is 0 Å². The number of halogens is 2. The minimum absolute atomic E-state index is 0.0868. The number of rotatable bonds is 7. The van der Waals surface area contributed by atoms with E-state index in [1.807, 2.05) is 6.07 Å². The fourth-order valence-corrected chi connectivity index (χ4v) is 5.50. The standard InChI is InChI=1S/C26H34Br2N4O6/c1-24(2,11-14-37-20-15-29-12-9-26(20,36)18-6-4-8-22(28)31-18)38-23(34)32-13-10-25(35,19(33)16-32)17-5-3-7-21(27)30-17/h3-8,19-20,29,33,35-36H,9-16H2,1-2H3/t19-,20-,25-,26-/m1/s1. The molecule has 0 bridgehead atoms. The van der Waals surface area contributed by atoms with E-state index in [4.69, 9.17) is 9.47 Å². The summed E-state index contributed by atoms with van der Waals surface area (Å²) in [5.74, 6) is 0. The molecule has 0 aromatic carbocycles. The molecule has 0 spiro atoms. The molecular formula is C26H34Br2N4O6. The smallest absolute Gasteiger partial charge is 0.410 e. The van der Waals surface area contributed by atoms with Gasteiger partial charge < -0.3 is 35.0 Å². The third-order valence-corrected chi connectivity index (χ3v) is 8.10. The van der Waals surface area contributed by atoms with Crippen LogP contribution < -0.4 is 5.32 Å². The van der Waals surface area contributed by atoms with Crippen molar-refractivity contribution in [3.8, 4) is 0 Å². The maximum absolute atomic E-state index is 12.9. The van der Waals surface area contributed by atoms with Gasteiger partial charge in [0.1, 0.15) is 38.2 Å². The Balaban J connectivity index is 1.31. The first kappa shape index (κ1) is 29.3. The molecule has 2 aliphatic rings. The number of pyridine rings is 2. The van der Waals surface area contributed by atoms with Crippen LogP contribution in [0.5, 0.6) is 0 Å². The van der Waals surface area contributed by atoms with E-state index >= 15 is 0 Å². The van der Waals surface area contributed by atoms with E-state index in [1.165, 1.54) is 4.90 Å². The quantitative estimate of drug-likeness (QED) is 0.331. The lowest BCUT2D eigenvalue weighted by Crippen LogP contribution is -2.56. The molecule has 2 aromatic heterocycles. The highest BCUT2D eigenvalue weighted by Crippen LogP contribution is 2.34. The first-order valence-corrected chi connectivity index (χ1v) is 14.2. The van der Waals surface area contributed by atoms with Gasteiger partial charge in [-0.3, -0.25) is 0 Å². The molecule has 2 aliphatic heterocycles. The largest absolute Gasteiger partial charge is 0.443 e. The van der Waals surface area contributed by atoms with Gasteiger partial charge in [-0.15, -0.1) is 0 Å². The van der Waals surface area contributed by atoms with Crippen LogP contribution >= 0.6 is 31.9 Å². The maximum atomic E-state index is 12.9. The van der Waals surface area contributed by atoms with Crippen LogP contribution in [-0.4, -0.2) is 86.9 Å². The molecule has 0 aliphatic carbocycles. The van der Waals surface area contributed by atoms with Gasteiger partial charge in [-0.1, -0.05) is 12.1 Å². The van der Waals surface area contributed by atoms with Crippen molar-refractivity contribution in [1.82, 2.24) is 20.2 Å². The number of carbonyl (C=O) groups excluding carboxylic acids is 1.